The normalized spacial score (nSPS) is 11.4. The summed E-state index contributed by atoms with van der Waals surface area (Å²) >= 11 is 6.01. The molecule has 0 saturated heterocycles. The molecular formula is C24H21Cl2F3N2O. The van der Waals surface area contributed by atoms with Gasteiger partial charge in [0.1, 0.15) is 17.9 Å². The third kappa shape index (κ3) is 4.87. The second-order valence-corrected chi connectivity index (χ2v) is 7.85. The molecule has 0 N–H and O–H groups in total. The molecule has 0 aliphatic rings. The second-order valence-electron chi connectivity index (χ2n) is 7.41. The van der Waals surface area contributed by atoms with Crippen LogP contribution in [0.5, 0.6) is 5.75 Å². The Morgan fingerprint density at radius 1 is 0.938 bits per heavy atom. The smallest absolute Gasteiger partial charge is 0.416 e. The lowest BCUT2D eigenvalue weighted by Crippen LogP contribution is -2.06. The Labute approximate surface area is 195 Å². The molecular weight excluding hydrogens is 460 g/mol. The van der Waals surface area contributed by atoms with Crippen molar-refractivity contribution in [2.24, 2.45) is 0 Å². The summed E-state index contributed by atoms with van der Waals surface area (Å²) in [5, 5.41) is 0.677. The predicted molar refractivity (Wildman–Crippen MR) is 123 cm³/mol. The van der Waals surface area contributed by atoms with E-state index in [1.165, 1.54) is 12.1 Å². The van der Waals surface area contributed by atoms with Gasteiger partial charge in [-0.2, -0.15) is 13.2 Å². The number of aromatic nitrogens is 2. The van der Waals surface area contributed by atoms with Gasteiger partial charge in [-0.3, -0.25) is 4.98 Å². The van der Waals surface area contributed by atoms with Crippen LogP contribution in [0.1, 0.15) is 27.9 Å². The summed E-state index contributed by atoms with van der Waals surface area (Å²) in [6, 6.07) is 14.4. The van der Waals surface area contributed by atoms with Crippen LogP contribution in [0, 0.1) is 13.8 Å². The maximum Gasteiger partial charge on any atom is 0.416 e. The molecule has 2 heterocycles. The minimum Gasteiger partial charge on any atom is -0.487 e. The quantitative estimate of drug-likeness (QED) is 0.298. The van der Waals surface area contributed by atoms with Crippen LogP contribution in [0.4, 0.5) is 13.2 Å². The van der Waals surface area contributed by atoms with E-state index in [2.05, 4.69) is 9.55 Å². The van der Waals surface area contributed by atoms with Crippen molar-refractivity contribution in [3.05, 3.63) is 93.8 Å². The third-order valence-electron chi connectivity index (χ3n) is 5.39. The first-order valence-electron chi connectivity index (χ1n) is 9.72. The zero-order valence-electron chi connectivity index (χ0n) is 17.4. The number of hydrogen-bond donors (Lipinski definition) is 0. The van der Waals surface area contributed by atoms with Crippen LogP contribution in [-0.2, 0) is 19.3 Å². The Balaban J connectivity index is 0.00000289. The number of nitrogens with zero attached hydrogens (tertiary/aromatic N) is 2. The highest BCUT2D eigenvalue weighted by Gasteiger charge is 2.29. The van der Waals surface area contributed by atoms with Crippen molar-refractivity contribution in [2.45, 2.75) is 33.2 Å². The molecule has 8 heteroatoms. The van der Waals surface area contributed by atoms with E-state index in [1.807, 2.05) is 38.1 Å². The summed E-state index contributed by atoms with van der Waals surface area (Å²) in [6.07, 6.45) is -2.67. The van der Waals surface area contributed by atoms with E-state index in [9.17, 15) is 13.2 Å². The van der Waals surface area contributed by atoms with Gasteiger partial charge in [-0.1, -0.05) is 35.9 Å². The molecule has 4 rings (SSSR count). The van der Waals surface area contributed by atoms with Crippen molar-refractivity contribution in [1.82, 2.24) is 9.55 Å². The van der Waals surface area contributed by atoms with E-state index in [0.717, 1.165) is 40.0 Å². The zero-order valence-corrected chi connectivity index (χ0v) is 19.0. The number of rotatable bonds is 5. The first-order valence-corrected chi connectivity index (χ1v) is 10.1. The van der Waals surface area contributed by atoms with E-state index >= 15 is 0 Å². The van der Waals surface area contributed by atoms with Gasteiger partial charge in [0.05, 0.1) is 11.1 Å². The Kier molecular flexibility index (Phi) is 7.06. The minimum absolute atomic E-state index is 0. The molecule has 4 aromatic rings. The van der Waals surface area contributed by atoms with Gasteiger partial charge in [-0.15, -0.1) is 12.4 Å². The Bertz CT molecular complexity index is 1220. The van der Waals surface area contributed by atoms with Crippen LogP contribution in [0.25, 0.3) is 11.0 Å². The molecule has 2 aromatic heterocycles. The molecule has 0 amide bonds. The highest BCUT2D eigenvalue weighted by Crippen LogP contribution is 2.33. The summed E-state index contributed by atoms with van der Waals surface area (Å²) in [7, 11) is 0. The van der Waals surface area contributed by atoms with Gasteiger partial charge in [-0.25, -0.2) is 0 Å². The third-order valence-corrected chi connectivity index (χ3v) is 5.64. The number of hydrogen-bond acceptors (Lipinski definition) is 2. The topological polar surface area (TPSA) is 27.1 Å². The van der Waals surface area contributed by atoms with E-state index in [0.29, 0.717) is 22.9 Å². The fraction of sp³-hybridized carbons (Fsp3) is 0.208. The van der Waals surface area contributed by atoms with E-state index in [1.54, 1.807) is 12.3 Å². The fourth-order valence-electron chi connectivity index (χ4n) is 3.55. The molecule has 0 unspecified atom stereocenters. The Hall–Kier alpha value is -2.70. The molecule has 0 aliphatic heterocycles. The molecule has 2 aromatic carbocycles. The number of halogens is 5. The molecule has 32 heavy (non-hydrogen) atoms. The maximum absolute atomic E-state index is 12.8. The number of fused-ring (bicyclic) bond motifs is 1. The lowest BCUT2D eigenvalue weighted by Gasteiger charge is -2.13. The first kappa shape index (κ1) is 24.0. The SMILES string of the molecule is Cc1c(C)n(Cc2ccc(Cl)cc2)c2c(OCc3ccc(C(F)(F)F)cc3)ccnc12.Cl. The predicted octanol–water partition coefficient (Wildman–Crippen LogP) is 7.37. The highest BCUT2D eigenvalue weighted by molar-refractivity contribution is 6.30. The summed E-state index contributed by atoms with van der Waals surface area (Å²) < 4.78 is 46.5. The number of aryl methyl sites for hydroxylation is 1. The van der Waals surface area contributed by atoms with Crippen LogP contribution in [0.2, 0.25) is 5.02 Å². The molecule has 0 fully saturated rings. The van der Waals surface area contributed by atoms with Gasteiger partial charge in [0.2, 0.25) is 0 Å². The lowest BCUT2D eigenvalue weighted by atomic mass is 10.1. The largest absolute Gasteiger partial charge is 0.487 e. The summed E-state index contributed by atoms with van der Waals surface area (Å²) in [4.78, 5) is 4.53. The summed E-state index contributed by atoms with van der Waals surface area (Å²) in [5.74, 6) is 0.634. The molecule has 0 saturated carbocycles. The van der Waals surface area contributed by atoms with Crippen molar-refractivity contribution < 1.29 is 17.9 Å². The molecule has 0 spiro atoms. The minimum atomic E-state index is -4.35. The number of ether oxygens (including phenoxy) is 1. The van der Waals surface area contributed by atoms with Crippen molar-refractivity contribution in [3.8, 4) is 5.75 Å². The number of benzene rings is 2. The zero-order chi connectivity index (χ0) is 22.2. The van der Waals surface area contributed by atoms with Gasteiger partial charge in [0, 0.05) is 29.5 Å². The van der Waals surface area contributed by atoms with Crippen molar-refractivity contribution in [1.29, 1.82) is 0 Å². The fourth-order valence-corrected chi connectivity index (χ4v) is 3.68. The van der Waals surface area contributed by atoms with E-state index < -0.39 is 11.7 Å². The van der Waals surface area contributed by atoms with Gasteiger partial charge >= 0.3 is 6.18 Å². The molecule has 0 radical (unpaired) electrons. The molecule has 168 valence electrons. The van der Waals surface area contributed by atoms with Crippen molar-refractivity contribution in [3.63, 3.8) is 0 Å². The number of alkyl halides is 3. The second kappa shape index (κ2) is 9.43. The molecule has 0 atom stereocenters. The standard InChI is InChI=1S/C24H20ClF3N2O.ClH/c1-15-16(2)30(13-17-5-9-20(25)10-6-17)23-21(11-12-29-22(15)23)31-14-18-3-7-19(8-4-18)24(26,27)28;/h3-12H,13-14H2,1-2H3;1H. The Morgan fingerprint density at radius 3 is 2.19 bits per heavy atom. The molecule has 0 bridgehead atoms. The molecule has 0 aliphatic carbocycles. The number of pyridine rings is 1. The van der Waals surface area contributed by atoms with Crippen molar-refractivity contribution >= 4 is 35.0 Å². The van der Waals surface area contributed by atoms with Gasteiger partial charge in [0.25, 0.3) is 0 Å². The van der Waals surface area contributed by atoms with Crippen LogP contribution >= 0.6 is 24.0 Å². The first-order chi connectivity index (χ1) is 14.7. The summed E-state index contributed by atoms with van der Waals surface area (Å²) in [6.45, 7) is 4.83. The monoisotopic (exact) mass is 480 g/mol. The van der Waals surface area contributed by atoms with E-state index in [-0.39, 0.29) is 19.0 Å². The van der Waals surface area contributed by atoms with Gasteiger partial charge in [-0.05, 0) is 54.8 Å². The van der Waals surface area contributed by atoms with E-state index in [4.69, 9.17) is 16.3 Å². The van der Waals surface area contributed by atoms with Gasteiger partial charge in [0.15, 0.2) is 0 Å². The Morgan fingerprint density at radius 2 is 1.56 bits per heavy atom. The average Bonchev–Trinajstić information content (AvgIpc) is 2.99. The molecule has 3 nitrogen and oxygen atoms in total. The van der Waals surface area contributed by atoms with Crippen molar-refractivity contribution in [2.75, 3.05) is 0 Å². The lowest BCUT2D eigenvalue weighted by molar-refractivity contribution is -0.137. The highest BCUT2D eigenvalue weighted by atomic mass is 35.5. The summed E-state index contributed by atoms with van der Waals surface area (Å²) in [5.41, 5.74) is 4.90. The van der Waals surface area contributed by atoms with Gasteiger partial charge < -0.3 is 9.30 Å². The average molecular weight is 481 g/mol. The maximum atomic E-state index is 12.8. The van der Waals surface area contributed by atoms with Crippen LogP contribution in [-0.4, -0.2) is 9.55 Å². The van der Waals surface area contributed by atoms with Crippen LogP contribution in [0.3, 0.4) is 0 Å². The van der Waals surface area contributed by atoms with Crippen LogP contribution < -0.4 is 4.74 Å². The van der Waals surface area contributed by atoms with Crippen LogP contribution in [0.15, 0.2) is 60.8 Å².